The van der Waals surface area contributed by atoms with E-state index in [1.807, 2.05) is 7.05 Å². The van der Waals surface area contributed by atoms with Gasteiger partial charge in [-0.25, -0.2) is 0 Å². The Morgan fingerprint density at radius 3 is 2.05 bits per heavy atom. The molecule has 2 rings (SSSR count). The SMILES string of the molecule is CNC(c1cccc(C(F)(F)F)c1)C1C(C)(C)C1(C)C. The topological polar surface area (TPSA) is 12.0 Å². The molecule has 4 heteroatoms. The van der Waals surface area contributed by atoms with Gasteiger partial charge in [0.15, 0.2) is 0 Å². The van der Waals surface area contributed by atoms with Crippen LogP contribution in [0.25, 0.3) is 0 Å². The molecule has 0 aromatic heterocycles. The summed E-state index contributed by atoms with van der Waals surface area (Å²) < 4.78 is 38.5. The standard InChI is InChI=1S/C16H22F3N/c1-14(2)13(15(14,3)4)12(20-5)10-7-6-8-11(9-10)16(17,18)19/h6-9,12-13,20H,1-5H3. The van der Waals surface area contributed by atoms with Gasteiger partial charge in [0.1, 0.15) is 0 Å². The van der Waals surface area contributed by atoms with E-state index in [0.717, 1.165) is 6.07 Å². The second kappa shape index (κ2) is 4.48. The Morgan fingerprint density at radius 2 is 1.65 bits per heavy atom. The summed E-state index contributed by atoms with van der Waals surface area (Å²) in [5.41, 5.74) is 0.376. The smallest absolute Gasteiger partial charge is 0.313 e. The predicted octanol–water partition coefficient (Wildman–Crippen LogP) is 4.65. The Labute approximate surface area is 118 Å². The molecule has 1 fully saturated rings. The zero-order chi connectivity index (χ0) is 15.3. The summed E-state index contributed by atoms with van der Waals surface area (Å²) in [5, 5.41) is 3.20. The quantitative estimate of drug-likeness (QED) is 0.852. The largest absolute Gasteiger partial charge is 0.416 e. The molecule has 0 spiro atoms. The van der Waals surface area contributed by atoms with Crippen LogP contribution >= 0.6 is 0 Å². The first-order valence-corrected chi connectivity index (χ1v) is 6.88. The molecule has 112 valence electrons. The number of rotatable bonds is 3. The Balaban J connectivity index is 2.35. The minimum absolute atomic E-state index is 0.0534. The maximum atomic E-state index is 12.8. The van der Waals surface area contributed by atoms with Crippen LogP contribution in [0.5, 0.6) is 0 Å². The van der Waals surface area contributed by atoms with E-state index < -0.39 is 11.7 Å². The van der Waals surface area contributed by atoms with Crippen molar-refractivity contribution in [2.75, 3.05) is 7.05 Å². The summed E-state index contributed by atoms with van der Waals surface area (Å²) in [4.78, 5) is 0. The summed E-state index contributed by atoms with van der Waals surface area (Å²) in [6, 6.07) is 5.61. The Bertz CT molecular complexity index is 489. The van der Waals surface area contributed by atoms with E-state index in [1.165, 1.54) is 12.1 Å². The van der Waals surface area contributed by atoms with Gasteiger partial charge in [-0.15, -0.1) is 0 Å². The molecular formula is C16H22F3N. The Morgan fingerprint density at radius 1 is 1.10 bits per heavy atom. The van der Waals surface area contributed by atoms with Crippen molar-refractivity contribution >= 4 is 0 Å². The van der Waals surface area contributed by atoms with Crippen LogP contribution in [0.4, 0.5) is 13.2 Å². The maximum absolute atomic E-state index is 12.8. The molecule has 1 aromatic rings. The third-order valence-corrected chi connectivity index (χ3v) is 5.35. The fourth-order valence-corrected chi connectivity index (χ4v) is 3.52. The van der Waals surface area contributed by atoms with Crippen LogP contribution in [0.2, 0.25) is 0 Å². The van der Waals surface area contributed by atoms with E-state index in [4.69, 9.17) is 0 Å². The van der Waals surface area contributed by atoms with E-state index >= 15 is 0 Å². The lowest BCUT2D eigenvalue weighted by Gasteiger charge is -2.20. The van der Waals surface area contributed by atoms with Gasteiger partial charge >= 0.3 is 6.18 Å². The van der Waals surface area contributed by atoms with Crippen molar-refractivity contribution in [1.82, 2.24) is 5.32 Å². The minimum atomic E-state index is -4.29. The normalized spacial score (nSPS) is 22.6. The molecule has 1 saturated carbocycles. The number of halogens is 3. The fourth-order valence-electron chi connectivity index (χ4n) is 3.52. The lowest BCUT2D eigenvalue weighted by Crippen LogP contribution is -2.22. The first kappa shape index (κ1) is 15.4. The maximum Gasteiger partial charge on any atom is 0.416 e. The molecule has 1 aliphatic carbocycles. The molecule has 1 nitrogen and oxygen atoms in total. The monoisotopic (exact) mass is 285 g/mol. The van der Waals surface area contributed by atoms with Gasteiger partial charge in [-0.2, -0.15) is 13.2 Å². The third-order valence-electron chi connectivity index (χ3n) is 5.35. The van der Waals surface area contributed by atoms with Gasteiger partial charge < -0.3 is 5.32 Å². The second-order valence-electron chi connectivity index (χ2n) is 6.81. The second-order valence-corrected chi connectivity index (χ2v) is 6.81. The molecule has 1 aromatic carbocycles. The van der Waals surface area contributed by atoms with Gasteiger partial charge in [0.05, 0.1) is 5.56 Å². The lowest BCUT2D eigenvalue weighted by molar-refractivity contribution is -0.137. The van der Waals surface area contributed by atoms with Crippen LogP contribution in [0, 0.1) is 16.7 Å². The van der Waals surface area contributed by atoms with Gasteiger partial charge in [0.2, 0.25) is 0 Å². The predicted molar refractivity (Wildman–Crippen MR) is 74.3 cm³/mol. The first-order chi connectivity index (χ1) is 9.03. The molecule has 1 unspecified atom stereocenters. The lowest BCUT2D eigenvalue weighted by atomic mass is 9.95. The molecular weight excluding hydrogens is 263 g/mol. The average Bonchev–Trinajstić information content (AvgIpc) is 2.72. The highest BCUT2D eigenvalue weighted by Crippen LogP contribution is 2.72. The van der Waals surface area contributed by atoms with Crippen molar-refractivity contribution in [3.8, 4) is 0 Å². The Kier molecular flexibility index (Phi) is 3.44. The zero-order valence-electron chi connectivity index (χ0n) is 12.6. The van der Waals surface area contributed by atoms with Crippen LogP contribution in [0.1, 0.15) is 44.9 Å². The van der Waals surface area contributed by atoms with E-state index in [9.17, 15) is 13.2 Å². The van der Waals surface area contributed by atoms with E-state index in [1.54, 1.807) is 6.07 Å². The molecule has 0 bridgehead atoms. The van der Waals surface area contributed by atoms with E-state index in [2.05, 4.69) is 33.0 Å². The molecule has 1 atom stereocenters. The fraction of sp³-hybridized carbons (Fsp3) is 0.625. The highest BCUT2D eigenvalue weighted by Gasteiger charge is 2.67. The number of hydrogen-bond acceptors (Lipinski definition) is 1. The van der Waals surface area contributed by atoms with Crippen molar-refractivity contribution in [3.05, 3.63) is 35.4 Å². The molecule has 1 N–H and O–H groups in total. The van der Waals surface area contributed by atoms with Crippen LogP contribution in [0.3, 0.4) is 0 Å². The van der Waals surface area contributed by atoms with Crippen LogP contribution in [-0.4, -0.2) is 7.05 Å². The highest BCUT2D eigenvalue weighted by molar-refractivity contribution is 5.32. The number of nitrogens with one attached hydrogen (secondary N) is 1. The van der Waals surface area contributed by atoms with Crippen LogP contribution in [-0.2, 0) is 6.18 Å². The van der Waals surface area contributed by atoms with Crippen molar-refractivity contribution in [2.45, 2.75) is 39.9 Å². The summed E-state index contributed by atoms with van der Waals surface area (Å²) in [5.74, 6) is 0.323. The molecule has 20 heavy (non-hydrogen) atoms. The summed E-state index contributed by atoms with van der Waals surface area (Å²) in [6.45, 7) is 8.70. The number of hydrogen-bond donors (Lipinski definition) is 1. The van der Waals surface area contributed by atoms with Gasteiger partial charge in [0.25, 0.3) is 0 Å². The zero-order valence-corrected chi connectivity index (χ0v) is 12.6. The van der Waals surface area contributed by atoms with Crippen molar-refractivity contribution in [1.29, 1.82) is 0 Å². The molecule has 0 radical (unpaired) electrons. The highest BCUT2D eigenvalue weighted by atomic mass is 19.4. The third kappa shape index (κ3) is 2.24. The van der Waals surface area contributed by atoms with Crippen LogP contribution < -0.4 is 5.32 Å². The number of alkyl halides is 3. The van der Waals surface area contributed by atoms with Crippen LogP contribution in [0.15, 0.2) is 24.3 Å². The van der Waals surface area contributed by atoms with Crippen molar-refractivity contribution < 1.29 is 13.2 Å². The van der Waals surface area contributed by atoms with Crippen molar-refractivity contribution in [3.63, 3.8) is 0 Å². The molecule has 0 amide bonds. The summed E-state index contributed by atoms with van der Waals surface area (Å²) in [7, 11) is 1.81. The first-order valence-electron chi connectivity index (χ1n) is 6.88. The molecule has 1 aliphatic rings. The van der Waals surface area contributed by atoms with E-state index in [0.29, 0.717) is 11.5 Å². The van der Waals surface area contributed by atoms with E-state index in [-0.39, 0.29) is 16.9 Å². The molecule has 0 saturated heterocycles. The summed E-state index contributed by atoms with van der Waals surface area (Å²) >= 11 is 0. The number of benzene rings is 1. The Hall–Kier alpha value is -1.03. The van der Waals surface area contributed by atoms with Gasteiger partial charge in [-0.05, 0) is 41.5 Å². The van der Waals surface area contributed by atoms with Gasteiger partial charge in [-0.3, -0.25) is 0 Å². The van der Waals surface area contributed by atoms with Crippen molar-refractivity contribution in [2.24, 2.45) is 16.7 Å². The molecule has 0 aliphatic heterocycles. The van der Waals surface area contributed by atoms with Gasteiger partial charge in [-0.1, -0.05) is 39.8 Å². The average molecular weight is 285 g/mol. The minimum Gasteiger partial charge on any atom is -0.313 e. The van der Waals surface area contributed by atoms with Gasteiger partial charge in [0, 0.05) is 6.04 Å². The molecule has 0 heterocycles. The summed E-state index contributed by atoms with van der Waals surface area (Å²) in [6.07, 6.45) is -4.29.